The largest absolute Gasteiger partial charge is 0.293 e. The number of hydrogen-bond donors (Lipinski definition) is 0. The Morgan fingerprint density at radius 1 is 0.833 bits per heavy atom. The van der Waals surface area contributed by atoms with Crippen molar-refractivity contribution in [2.45, 2.75) is 101 Å². The van der Waals surface area contributed by atoms with E-state index in [1.807, 2.05) is 30.3 Å². The number of unbranched alkanes of at least 4 members (excludes halogenated alkanes) is 11. The van der Waals surface area contributed by atoms with E-state index >= 15 is 0 Å². The third kappa shape index (κ3) is 9.70. The minimum Gasteiger partial charge on any atom is -0.293 e. The molecule has 0 radical (unpaired) electrons. The first-order chi connectivity index (χ1) is 17.7. The lowest BCUT2D eigenvalue weighted by atomic mass is 10.0. The van der Waals surface area contributed by atoms with Gasteiger partial charge in [-0.1, -0.05) is 126 Å². The maximum absolute atomic E-state index is 13.4. The molecule has 0 saturated heterocycles. The van der Waals surface area contributed by atoms with E-state index in [-0.39, 0.29) is 11.0 Å². The highest BCUT2D eigenvalue weighted by molar-refractivity contribution is 8.00. The maximum Gasteiger partial charge on any atom is 0.214 e. The second-order valence-corrected chi connectivity index (χ2v) is 11.0. The minimum atomic E-state index is -0.247. The number of rotatable bonds is 18. The van der Waals surface area contributed by atoms with Crippen LogP contribution in [0.15, 0.2) is 59.8 Å². The maximum atomic E-state index is 13.4. The van der Waals surface area contributed by atoms with Gasteiger partial charge < -0.3 is 0 Å². The minimum absolute atomic E-state index is 0.0994. The molecular weight excluding hydrogens is 489 g/mol. The van der Waals surface area contributed by atoms with Crippen LogP contribution in [0.3, 0.4) is 0 Å². The number of aromatic nitrogens is 4. The highest BCUT2D eigenvalue weighted by Crippen LogP contribution is 2.30. The average molecular weight is 528 g/mol. The molecule has 194 valence electrons. The first-order valence-electron chi connectivity index (χ1n) is 13.5. The number of Topliss-reactive ketones (excluding diaryl/α,β-unsaturated/α-hetero) is 1. The van der Waals surface area contributed by atoms with Gasteiger partial charge in [-0.05, 0) is 53.2 Å². The van der Waals surface area contributed by atoms with E-state index in [1.165, 1.54) is 76.0 Å². The van der Waals surface area contributed by atoms with E-state index in [0.29, 0.717) is 15.7 Å². The molecule has 0 aliphatic rings. The van der Waals surface area contributed by atoms with Gasteiger partial charge in [-0.2, -0.15) is 4.68 Å². The predicted octanol–water partition coefficient (Wildman–Crippen LogP) is 8.75. The van der Waals surface area contributed by atoms with Gasteiger partial charge in [0.15, 0.2) is 5.78 Å². The number of thioether (sulfide) groups is 1. The molecule has 5 nitrogen and oxygen atoms in total. The van der Waals surface area contributed by atoms with Crippen molar-refractivity contribution in [3.05, 3.63) is 65.2 Å². The summed E-state index contributed by atoms with van der Waals surface area (Å²) in [5.41, 5.74) is 1.56. The normalized spacial score (nSPS) is 12.1. The SMILES string of the molecule is CCCCCCCCCCCCCCC(Sc1nnnn1-c1ccccc1)[13C](=O)c1ccc(Cl)cc1. The number of nitrogens with zero attached hydrogens (tertiary/aromatic N) is 4. The zero-order valence-corrected chi connectivity index (χ0v) is 23.0. The number of halogens is 1. The van der Waals surface area contributed by atoms with Crippen molar-refractivity contribution in [1.29, 1.82) is 0 Å². The third-order valence-corrected chi connectivity index (χ3v) is 7.88. The number of carbonyl (C=O) groups is 1. The van der Waals surface area contributed by atoms with Gasteiger partial charge in [0.05, 0.1) is 10.9 Å². The molecule has 7 heteroatoms. The van der Waals surface area contributed by atoms with Crippen molar-refractivity contribution >= 4 is 29.1 Å². The second-order valence-electron chi connectivity index (χ2n) is 9.36. The van der Waals surface area contributed by atoms with Gasteiger partial charge in [0.2, 0.25) is 5.16 Å². The molecule has 2 aromatic carbocycles. The molecule has 0 fully saturated rings. The second kappa shape index (κ2) is 16.5. The van der Waals surface area contributed by atoms with Crippen LogP contribution < -0.4 is 0 Å². The van der Waals surface area contributed by atoms with Crippen LogP contribution in [0.1, 0.15) is 101 Å². The average Bonchev–Trinajstić information content (AvgIpc) is 3.37. The standard InChI is InChI=1S/C29H39ClN4OS/c1-2-3-4-5-6-7-8-9-10-11-12-16-19-27(28(35)24-20-22-25(30)23-21-24)36-29-31-32-33-34(29)26-17-14-13-15-18-26/h13-15,17-18,20-23,27H,2-12,16,19H2,1H3/i28+1. The van der Waals surface area contributed by atoms with Gasteiger partial charge in [0, 0.05) is 10.6 Å². The first-order valence-corrected chi connectivity index (χ1v) is 14.7. The van der Waals surface area contributed by atoms with E-state index in [1.54, 1.807) is 28.9 Å². The van der Waals surface area contributed by atoms with Crippen LogP contribution in [0.2, 0.25) is 5.02 Å². The Hall–Kier alpha value is -2.18. The van der Waals surface area contributed by atoms with Crippen molar-refractivity contribution in [2.75, 3.05) is 0 Å². The van der Waals surface area contributed by atoms with Crippen LogP contribution in [0.5, 0.6) is 0 Å². The molecule has 0 saturated carbocycles. The molecule has 1 atom stereocenters. The van der Waals surface area contributed by atoms with Crippen molar-refractivity contribution in [3.8, 4) is 5.69 Å². The smallest absolute Gasteiger partial charge is 0.214 e. The van der Waals surface area contributed by atoms with Gasteiger partial charge in [-0.25, -0.2) is 0 Å². The third-order valence-electron chi connectivity index (χ3n) is 6.43. The Balaban J connectivity index is 1.50. The van der Waals surface area contributed by atoms with Crippen LogP contribution in [-0.2, 0) is 0 Å². The number of para-hydroxylation sites is 1. The number of tetrazole rings is 1. The number of hydrogen-bond acceptors (Lipinski definition) is 5. The molecule has 0 spiro atoms. The lowest BCUT2D eigenvalue weighted by Gasteiger charge is -2.15. The van der Waals surface area contributed by atoms with Crippen LogP contribution in [-0.4, -0.2) is 31.2 Å². The van der Waals surface area contributed by atoms with E-state index < -0.39 is 0 Å². The lowest BCUT2D eigenvalue weighted by molar-refractivity contribution is 0.0985. The fourth-order valence-electron chi connectivity index (χ4n) is 4.33. The molecule has 3 aromatic rings. The summed E-state index contributed by atoms with van der Waals surface area (Å²) in [6, 6.07) is 16.9. The van der Waals surface area contributed by atoms with Crippen LogP contribution in [0.25, 0.3) is 5.69 Å². The van der Waals surface area contributed by atoms with Gasteiger partial charge in [-0.15, -0.1) is 5.10 Å². The zero-order valence-electron chi connectivity index (χ0n) is 21.4. The fraction of sp³-hybridized carbons (Fsp3) is 0.517. The number of carbonyl (C=O) groups excluding carboxylic acids is 1. The van der Waals surface area contributed by atoms with Gasteiger partial charge in [0.1, 0.15) is 0 Å². The number of benzene rings is 2. The highest BCUT2D eigenvalue weighted by Gasteiger charge is 2.24. The lowest BCUT2D eigenvalue weighted by Crippen LogP contribution is -2.18. The molecule has 0 amide bonds. The first kappa shape index (κ1) is 28.4. The summed E-state index contributed by atoms with van der Waals surface area (Å²) in [5, 5.41) is 13.3. The van der Waals surface area contributed by atoms with E-state index in [4.69, 9.17) is 11.6 Å². The molecule has 1 heterocycles. The monoisotopic (exact) mass is 527 g/mol. The topological polar surface area (TPSA) is 60.7 Å². The Bertz CT molecular complexity index is 1010. The fourth-order valence-corrected chi connectivity index (χ4v) is 5.56. The molecule has 0 N–H and O–H groups in total. The zero-order chi connectivity index (χ0) is 25.4. The quantitative estimate of drug-likeness (QED) is 0.0715. The summed E-state index contributed by atoms with van der Waals surface area (Å²) in [6.07, 6.45) is 16.4. The van der Waals surface area contributed by atoms with E-state index in [9.17, 15) is 4.79 Å². The van der Waals surface area contributed by atoms with Crippen LogP contribution in [0, 0.1) is 0 Å². The summed E-state index contributed by atoms with van der Waals surface area (Å²) in [7, 11) is 0. The number of ketones is 1. The van der Waals surface area contributed by atoms with E-state index in [2.05, 4.69) is 22.4 Å². The summed E-state index contributed by atoms with van der Waals surface area (Å²) in [5.74, 6) is 0.0994. The summed E-state index contributed by atoms with van der Waals surface area (Å²) in [4.78, 5) is 13.4. The summed E-state index contributed by atoms with van der Waals surface area (Å²) >= 11 is 7.50. The predicted molar refractivity (Wildman–Crippen MR) is 150 cm³/mol. The van der Waals surface area contributed by atoms with Crippen molar-refractivity contribution in [1.82, 2.24) is 20.2 Å². The summed E-state index contributed by atoms with van der Waals surface area (Å²) in [6.45, 7) is 2.27. The van der Waals surface area contributed by atoms with Gasteiger partial charge in [0.25, 0.3) is 0 Å². The Morgan fingerprint density at radius 3 is 2.03 bits per heavy atom. The molecule has 1 unspecified atom stereocenters. The van der Waals surface area contributed by atoms with Crippen LogP contribution >= 0.6 is 23.4 Å². The molecular formula is C29H39ClN4OS. The van der Waals surface area contributed by atoms with Crippen LogP contribution in [0.4, 0.5) is 0 Å². The Labute approximate surface area is 225 Å². The molecule has 0 aliphatic heterocycles. The Morgan fingerprint density at radius 2 is 1.42 bits per heavy atom. The molecule has 0 aliphatic carbocycles. The Kier molecular flexibility index (Phi) is 13.0. The molecule has 3 rings (SSSR count). The van der Waals surface area contributed by atoms with Gasteiger partial charge >= 0.3 is 0 Å². The van der Waals surface area contributed by atoms with Crippen molar-refractivity contribution < 1.29 is 4.79 Å². The van der Waals surface area contributed by atoms with Gasteiger partial charge in [-0.3, -0.25) is 4.79 Å². The molecule has 36 heavy (non-hydrogen) atoms. The molecule has 0 bridgehead atoms. The van der Waals surface area contributed by atoms with Crippen molar-refractivity contribution in [2.24, 2.45) is 0 Å². The molecule has 1 aromatic heterocycles. The van der Waals surface area contributed by atoms with Crippen molar-refractivity contribution in [3.63, 3.8) is 0 Å². The summed E-state index contributed by atoms with van der Waals surface area (Å²) < 4.78 is 1.70. The highest BCUT2D eigenvalue weighted by atomic mass is 35.5. The van der Waals surface area contributed by atoms with E-state index in [0.717, 1.165) is 24.9 Å².